The van der Waals surface area contributed by atoms with Crippen molar-refractivity contribution in [2.75, 3.05) is 6.61 Å². The minimum absolute atomic E-state index is 0.338. The second kappa shape index (κ2) is 7.15. The van der Waals surface area contributed by atoms with Crippen molar-refractivity contribution in [3.05, 3.63) is 22.2 Å². The van der Waals surface area contributed by atoms with Crippen molar-refractivity contribution in [2.45, 2.75) is 59.5 Å². The summed E-state index contributed by atoms with van der Waals surface area (Å²) < 4.78 is 6.64. The van der Waals surface area contributed by atoms with Gasteiger partial charge in [-0.15, -0.1) is 0 Å². The molecule has 3 nitrogen and oxygen atoms in total. The molecule has 1 aromatic heterocycles. The van der Waals surface area contributed by atoms with Crippen molar-refractivity contribution >= 4 is 12.2 Å². The Morgan fingerprint density at radius 1 is 1.32 bits per heavy atom. The van der Waals surface area contributed by atoms with E-state index >= 15 is 0 Å². The van der Waals surface area contributed by atoms with Gasteiger partial charge in [-0.05, 0) is 38.2 Å². The SMILES string of the molecule is CCOC(CC)(CC)c1nc(=S)cc(CC(C)C)[nH]1. The number of nitrogens with zero attached hydrogens (tertiary/aromatic N) is 1. The smallest absolute Gasteiger partial charge is 0.140 e. The van der Waals surface area contributed by atoms with Gasteiger partial charge in [-0.25, -0.2) is 4.98 Å². The van der Waals surface area contributed by atoms with Crippen molar-refractivity contribution in [1.29, 1.82) is 0 Å². The van der Waals surface area contributed by atoms with Gasteiger partial charge in [0.15, 0.2) is 0 Å². The highest BCUT2D eigenvalue weighted by molar-refractivity contribution is 7.71. The third-order valence-electron chi connectivity index (χ3n) is 3.42. The predicted octanol–water partition coefficient (Wildman–Crippen LogP) is 4.39. The van der Waals surface area contributed by atoms with Crippen molar-refractivity contribution in [3.63, 3.8) is 0 Å². The van der Waals surface area contributed by atoms with Crippen molar-refractivity contribution in [3.8, 4) is 0 Å². The van der Waals surface area contributed by atoms with E-state index < -0.39 is 0 Å². The molecule has 0 amide bonds. The molecule has 1 aromatic rings. The Labute approximate surface area is 121 Å². The van der Waals surface area contributed by atoms with Gasteiger partial charge in [0.25, 0.3) is 0 Å². The van der Waals surface area contributed by atoms with Gasteiger partial charge in [0.2, 0.25) is 0 Å². The van der Waals surface area contributed by atoms with E-state index in [1.165, 1.54) is 0 Å². The van der Waals surface area contributed by atoms with Crippen LogP contribution < -0.4 is 0 Å². The van der Waals surface area contributed by atoms with E-state index in [4.69, 9.17) is 17.0 Å². The molecule has 0 aliphatic heterocycles. The average molecular weight is 282 g/mol. The standard InChI is InChI=1S/C15H26N2OS/c1-6-15(7-2,18-8-3)14-16-12(9-11(4)5)10-13(19)17-14/h10-11H,6-9H2,1-5H3,(H,16,17,19). The van der Waals surface area contributed by atoms with E-state index in [1.807, 2.05) is 13.0 Å². The van der Waals surface area contributed by atoms with Crippen LogP contribution in [0.2, 0.25) is 0 Å². The van der Waals surface area contributed by atoms with Gasteiger partial charge in [0.05, 0.1) is 0 Å². The second-order valence-corrected chi connectivity index (χ2v) is 5.74. The van der Waals surface area contributed by atoms with Crippen LogP contribution in [0.15, 0.2) is 6.07 Å². The molecule has 0 unspecified atom stereocenters. The first-order valence-electron chi connectivity index (χ1n) is 7.22. The van der Waals surface area contributed by atoms with Gasteiger partial charge in [-0.2, -0.15) is 0 Å². The van der Waals surface area contributed by atoms with Crippen LogP contribution in [0.5, 0.6) is 0 Å². The average Bonchev–Trinajstić information content (AvgIpc) is 2.34. The Kier molecular flexibility index (Phi) is 6.14. The molecule has 0 radical (unpaired) electrons. The van der Waals surface area contributed by atoms with Gasteiger partial charge in [-0.3, -0.25) is 0 Å². The van der Waals surface area contributed by atoms with Crippen molar-refractivity contribution in [2.24, 2.45) is 5.92 Å². The fourth-order valence-corrected chi connectivity index (χ4v) is 2.64. The lowest BCUT2D eigenvalue weighted by Crippen LogP contribution is -2.31. The van der Waals surface area contributed by atoms with Gasteiger partial charge in [0, 0.05) is 12.3 Å². The highest BCUT2D eigenvalue weighted by atomic mass is 32.1. The number of H-pyrrole nitrogens is 1. The van der Waals surface area contributed by atoms with Gasteiger partial charge in [-0.1, -0.05) is 39.9 Å². The first kappa shape index (κ1) is 16.3. The molecule has 0 aliphatic rings. The maximum Gasteiger partial charge on any atom is 0.140 e. The molecule has 0 aromatic carbocycles. The zero-order chi connectivity index (χ0) is 14.5. The highest BCUT2D eigenvalue weighted by Gasteiger charge is 2.31. The molecule has 0 atom stereocenters. The summed E-state index contributed by atoms with van der Waals surface area (Å²) in [5.74, 6) is 1.47. The van der Waals surface area contributed by atoms with Gasteiger partial charge >= 0.3 is 0 Å². The largest absolute Gasteiger partial charge is 0.367 e. The van der Waals surface area contributed by atoms with Crippen molar-refractivity contribution in [1.82, 2.24) is 9.97 Å². The fraction of sp³-hybridized carbons (Fsp3) is 0.733. The molecular weight excluding hydrogens is 256 g/mol. The minimum atomic E-state index is -0.338. The number of rotatable bonds is 7. The van der Waals surface area contributed by atoms with E-state index in [-0.39, 0.29) is 5.60 Å². The topological polar surface area (TPSA) is 37.9 Å². The maximum atomic E-state index is 5.99. The Bertz CT molecular complexity index is 450. The van der Waals surface area contributed by atoms with Crippen LogP contribution >= 0.6 is 12.2 Å². The Balaban J connectivity index is 3.23. The Hall–Kier alpha value is -0.740. The molecule has 1 N–H and O–H groups in total. The lowest BCUT2D eigenvalue weighted by Gasteiger charge is -2.30. The highest BCUT2D eigenvalue weighted by Crippen LogP contribution is 2.30. The number of hydrogen-bond donors (Lipinski definition) is 1. The van der Waals surface area contributed by atoms with Crippen LogP contribution in [0.4, 0.5) is 0 Å². The molecule has 1 heterocycles. The summed E-state index contributed by atoms with van der Waals surface area (Å²) >= 11 is 5.30. The van der Waals surface area contributed by atoms with E-state index in [9.17, 15) is 0 Å². The normalized spacial score (nSPS) is 12.1. The molecule has 1 rings (SSSR count). The number of hydrogen-bond acceptors (Lipinski definition) is 3. The quantitative estimate of drug-likeness (QED) is 0.754. The first-order chi connectivity index (χ1) is 8.97. The van der Waals surface area contributed by atoms with E-state index in [1.54, 1.807) is 0 Å². The molecule has 108 valence electrons. The lowest BCUT2D eigenvalue weighted by atomic mass is 9.95. The first-order valence-corrected chi connectivity index (χ1v) is 7.62. The third-order valence-corrected chi connectivity index (χ3v) is 3.63. The third kappa shape index (κ3) is 4.11. The number of nitrogens with one attached hydrogen (secondary N) is 1. The van der Waals surface area contributed by atoms with Crippen LogP contribution in [0, 0.1) is 10.6 Å². The van der Waals surface area contributed by atoms with Crippen LogP contribution in [-0.4, -0.2) is 16.6 Å². The maximum absolute atomic E-state index is 5.99. The Morgan fingerprint density at radius 2 is 1.95 bits per heavy atom. The minimum Gasteiger partial charge on any atom is -0.367 e. The molecule has 0 saturated heterocycles. The Morgan fingerprint density at radius 3 is 2.42 bits per heavy atom. The zero-order valence-electron chi connectivity index (χ0n) is 12.7. The fourth-order valence-electron chi connectivity index (χ4n) is 2.41. The van der Waals surface area contributed by atoms with E-state index in [0.29, 0.717) is 17.2 Å². The second-order valence-electron chi connectivity index (χ2n) is 5.33. The molecular formula is C15H26N2OS. The molecule has 0 aliphatic carbocycles. The zero-order valence-corrected chi connectivity index (χ0v) is 13.6. The number of aromatic amines is 1. The summed E-state index contributed by atoms with van der Waals surface area (Å²) in [6.45, 7) is 11.4. The molecule has 4 heteroatoms. The van der Waals surface area contributed by atoms with E-state index in [0.717, 1.165) is 30.8 Å². The predicted molar refractivity (Wildman–Crippen MR) is 81.8 cm³/mol. The van der Waals surface area contributed by atoms with Crippen LogP contribution in [0.3, 0.4) is 0 Å². The number of ether oxygens (including phenoxy) is 1. The van der Waals surface area contributed by atoms with Gasteiger partial charge < -0.3 is 9.72 Å². The monoisotopic (exact) mass is 282 g/mol. The summed E-state index contributed by atoms with van der Waals surface area (Å²) in [5.41, 5.74) is 0.811. The van der Waals surface area contributed by atoms with Crippen LogP contribution in [-0.2, 0) is 16.8 Å². The summed E-state index contributed by atoms with van der Waals surface area (Å²) in [5, 5.41) is 0. The van der Waals surface area contributed by atoms with Crippen LogP contribution in [0.1, 0.15) is 59.0 Å². The molecule has 19 heavy (non-hydrogen) atoms. The molecule has 0 bridgehead atoms. The molecule has 0 fully saturated rings. The molecule has 0 spiro atoms. The molecule has 0 saturated carbocycles. The van der Waals surface area contributed by atoms with E-state index in [2.05, 4.69) is 37.7 Å². The summed E-state index contributed by atoms with van der Waals surface area (Å²) in [6.07, 6.45) is 2.76. The van der Waals surface area contributed by atoms with Crippen LogP contribution in [0.25, 0.3) is 0 Å². The number of aromatic nitrogens is 2. The van der Waals surface area contributed by atoms with Gasteiger partial charge in [0.1, 0.15) is 16.1 Å². The lowest BCUT2D eigenvalue weighted by molar-refractivity contribution is -0.0573. The summed E-state index contributed by atoms with van der Waals surface area (Å²) in [6, 6.07) is 1.96. The summed E-state index contributed by atoms with van der Waals surface area (Å²) in [7, 11) is 0. The summed E-state index contributed by atoms with van der Waals surface area (Å²) in [4.78, 5) is 7.95. The van der Waals surface area contributed by atoms with Crippen molar-refractivity contribution < 1.29 is 4.74 Å².